The molecule has 0 saturated heterocycles. The molecule has 1 aliphatic rings. The number of amides is 2. The first-order valence-electron chi connectivity index (χ1n) is 10.1. The summed E-state index contributed by atoms with van der Waals surface area (Å²) in [6.45, 7) is 12.7. The lowest BCUT2D eigenvalue weighted by atomic mass is 9.92. The van der Waals surface area contributed by atoms with E-state index in [-0.39, 0.29) is 18.6 Å². The zero-order chi connectivity index (χ0) is 20.8. The van der Waals surface area contributed by atoms with Crippen LogP contribution in [0.4, 0.5) is 4.79 Å². The van der Waals surface area contributed by atoms with Crippen LogP contribution in [0.1, 0.15) is 57.7 Å². The Balaban J connectivity index is 2.55. The lowest BCUT2D eigenvalue weighted by Crippen LogP contribution is -2.49. The molecule has 1 heterocycles. The Bertz CT molecular complexity index is 721. The van der Waals surface area contributed by atoms with E-state index in [1.807, 2.05) is 12.1 Å². The number of hydrogen-bond acceptors (Lipinski definition) is 4. The fourth-order valence-electron chi connectivity index (χ4n) is 3.38. The Labute approximate surface area is 168 Å². The van der Waals surface area contributed by atoms with E-state index in [1.165, 1.54) is 10.5 Å². The number of likely N-dealkylation sites (N-methyl/N-ethyl adjacent to an activating group) is 2. The molecule has 154 valence electrons. The van der Waals surface area contributed by atoms with Crippen molar-refractivity contribution in [2.24, 2.45) is 0 Å². The Kier molecular flexibility index (Phi) is 7.63. The number of esters is 1. The summed E-state index contributed by atoms with van der Waals surface area (Å²) in [6.07, 6.45) is 0. The van der Waals surface area contributed by atoms with Crippen LogP contribution in [-0.2, 0) is 9.53 Å². The van der Waals surface area contributed by atoms with Crippen molar-refractivity contribution in [3.05, 3.63) is 46.7 Å². The maximum Gasteiger partial charge on any atom is 0.338 e. The minimum Gasteiger partial charge on any atom is -0.463 e. The van der Waals surface area contributed by atoms with Crippen molar-refractivity contribution >= 4 is 12.0 Å². The SMILES string of the molecule is CCOC(=O)C1=C(CN(CC)CC)N(C)C(=O)N[C@@H]1c1ccc(C(C)C)cc1. The molecule has 1 aromatic rings. The predicted octanol–water partition coefficient (Wildman–Crippen LogP) is 3.67. The number of rotatable bonds is 8. The third-order valence-electron chi connectivity index (χ3n) is 5.28. The molecule has 0 radical (unpaired) electrons. The molecular weight excluding hydrogens is 354 g/mol. The van der Waals surface area contributed by atoms with Crippen LogP contribution in [0.15, 0.2) is 35.5 Å². The van der Waals surface area contributed by atoms with Gasteiger partial charge in [0, 0.05) is 19.3 Å². The molecule has 1 atom stereocenters. The Hall–Kier alpha value is -2.34. The Morgan fingerprint density at radius 2 is 1.79 bits per heavy atom. The van der Waals surface area contributed by atoms with E-state index in [9.17, 15) is 9.59 Å². The molecule has 0 bridgehead atoms. The quantitative estimate of drug-likeness (QED) is 0.692. The molecule has 6 nitrogen and oxygen atoms in total. The molecule has 0 fully saturated rings. The molecule has 1 aromatic carbocycles. The molecule has 0 aliphatic carbocycles. The summed E-state index contributed by atoms with van der Waals surface area (Å²) in [5, 5.41) is 2.97. The predicted molar refractivity (Wildman–Crippen MR) is 111 cm³/mol. The van der Waals surface area contributed by atoms with E-state index >= 15 is 0 Å². The second-order valence-corrected chi connectivity index (χ2v) is 7.31. The van der Waals surface area contributed by atoms with Gasteiger partial charge in [-0.25, -0.2) is 9.59 Å². The van der Waals surface area contributed by atoms with Crippen molar-refractivity contribution in [2.45, 2.75) is 46.6 Å². The molecule has 6 heteroatoms. The highest BCUT2D eigenvalue weighted by molar-refractivity contribution is 5.95. The number of carbonyl (C=O) groups is 2. The van der Waals surface area contributed by atoms with Crippen LogP contribution >= 0.6 is 0 Å². The zero-order valence-corrected chi connectivity index (χ0v) is 17.9. The van der Waals surface area contributed by atoms with E-state index in [0.29, 0.717) is 23.7 Å². The van der Waals surface area contributed by atoms with Crippen molar-refractivity contribution in [1.82, 2.24) is 15.1 Å². The first-order chi connectivity index (χ1) is 13.3. The lowest BCUT2D eigenvalue weighted by Gasteiger charge is -2.36. The normalized spacial score (nSPS) is 17.4. The molecule has 0 spiro atoms. The van der Waals surface area contributed by atoms with E-state index in [1.54, 1.807) is 14.0 Å². The third kappa shape index (κ3) is 4.73. The smallest absolute Gasteiger partial charge is 0.338 e. The molecule has 2 amide bonds. The van der Waals surface area contributed by atoms with Crippen LogP contribution in [0, 0.1) is 0 Å². The molecule has 2 rings (SSSR count). The average molecular weight is 388 g/mol. The molecular formula is C22H33N3O3. The van der Waals surface area contributed by atoms with Crippen LogP contribution in [0.3, 0.4) is 0 Å². The lowest BCUT2D eigenvalue weighted by molar-refractivity contribution is -0.139. The number of carbonyl (C=O) groups excluding carboxylic acids is 2. The van der Waals surface area contributed by atoms with Gasteiger partial charge in [-0.3, -0.25) is 9.80 Å². The van der Waals surface area contributed by atoms with E-state index in [2.05, 4.69) is 50.0 Å². The summed E-state index contributed by atoms with van der Waals surface area (Å²) >= 11 is 0. The van der Waals surface area contributed by atoms with Gasteiger partial charge in [0.25, 0.3) is 0 Å². The molecule has 1 N–H and O–H groups in total. The standard InChI is InChI=1S/C22H33N3O3/c1-7-25(8-2)14-18-19(21(26)28-9-3)20(23-22(27)24(18)6)17-12-10-16(11-13-17)15(4)5/h10-13,15,20H,7-9,14H2,1-6H3,(H,23,27)/t20-/m1/s1. The number of nitrogens with zero attached hydrogens (tertiary/aromatic N) is 2. The second kappa shape index (κ2) is 9.73. The molecule has 28 heavy (non-hydrogen) atoms. The van der Waals surface area contributed by atoms with Crippen molar-refractivity contribution in [2.75, 3.05) is 33.3 Å². The number of ether oxygens (including phenoxy) is 1. The van der Waals surface area contributed by atoms with Crippen LogP contribution < -0.4 is 5.32 Å². The van der Waals surface area contributed by atoms with Gasteiger partial charge in [-0.2, -0.15) is 0 Å². The topological polar surface area (TPSA) is 61.9 Å². The summed E-state index contributed by atoms with van der Waals surface area (Å²) in [5.74, 6) is 0.0360. The maximum absolute atomic E-state index is 12.9. The first kappa shape index (κ1) is 22.0. The fourth-order valence-corrected chi connectivity index (χ4v) is 3.38. The van der Waals surface area contributed by atoms with E-state index < -0.39 is 6.04 Å². The Morgan fingerprint density at radius 1 is 1.18 bits per heavy atom. The van der Waals surface area contributed by atoms with Gasteiger partial charge in [0.05, 0.1) is 18.2 Å². The largest absolute Gasteiger partial charge is 0.463 e. The molecule has 0 unspecified atom stereocenters. The highest BCUT2D eigenvalue weighted by Crippen LogP contribution is 2.32. The minimum atomic E-state index is -0.519. The van der Waals surface area contributed by atoms with Gasteiger partial charge in [-0.05, 0) is 37.1 Å². The van der Waals surface area contributed by atoms with Crippen molar-refractivity contribution in [3.8, 4) is 0 Å². The van der Waals surface area contributed by atoms with Crippen molar-refractivity contribution in [3.63, 3.8) is 0 Å². The highest BCUT2D eigenvalue weighted by atomic mass is 16.5. The van der Waals surface area contributed by atoms with Crippen LogP contribution in [0.5, 0.6) is 0 Å². The highest BCUT2D eigenvalue weighted by Gasteiger charge is 2.37. The van der Waals surface area contributed by atoms with Crippen molar-refractivity contribution in [1.29, 1.82) is 0 Å². The number of hydrogen-bond donors (Lipinski definition) is 1. The third-order valence-corrected chi connectivity index (χ3v) is 5.28. The van der Waals surface area contributed by atoms with Gasteiger partial charge in [0.15, 0.2) is 0 Å². The van der Waals surface area contributed by atoms with E-state index in [0.717, 1.165) is 18.7 Å². The van der Waals surface area contributed by atoms with Crippen LogP contribution in [-0.4, -0.2) is 55.1 Å². The molecule has 0 saturated carbocycles. The zero-order valence-electron chi connectivity index (χ0n) is 17.9. The van der Waals surface area contributed by atoms with Gasteiger partial charge < -0.3 is 10.1 Å². The van der Waals surface area contributed by atoms with Gasteiger partial charge in [-0.1, -0.05) is 52.0 Å². The summed E-state index contributed by atoms with van der Waals surface area (Å²) in [7, 11) is 1.70. The minimum absolute atomic E-state index is 0.215. The van der Waals surface area contributed by atoms with E-state index in [4.69, 9.17) is 4.74 Å². The first-order valence-corrected chi connectivity index (χ1v) is 10.1. The van der Waals surface area contributed by atoms with Gasteiger partial charge in [0.2, 0.25) is 0 Å². The van der Waals surface area contributed by atoms with Gasteiger partial charge in [0.1, 0.15) is 0 Å². The number of urea groups is 1. The number of benzene rings is 1. The second-order valence-electron chi connectivity index (χ2n) is 7.31. The summed E-state index contributed by atoms with van der Waals surface area (Å²) in [4.78, 5) is 29.3. The van der Waals surface area contributed by atoms with Gasteiger partial charge in [-0.15, -0.1) is 0 Å². The van der Waals surface area contributed by atoms with Crippen molar-refractivity contribution < 1.29 is 14.3 Å². The summed E-state index contributed by atoms with van der Waals surface area (Å²) in [5.41, 5.74) is 3.30. The Morgan fingerprint density at radius 3 is 2.29 bits per heavy atom. The molecule has 1 aliphatic heterocycles. The number of nitrogens with one attached hydrogen (secondary N) is 1. The fraction of sp³-hybridized carbons (Fsp3) is 0.545. The van der Waals surface area contributed by atoms with Crippen LogP contribution in [0.25, 0.3) is 0 Å². The molecule has 0 aromatic heterocycles. The van der Waals surface area contributed by atoms with Crippen LogP contribution in [0.2, 0.25) is 0 Å². The monoisotopic (exact) mass is 387 g/mol. The van der Waals surface area contributed by atoms with Gasteiger partial charge >= 0.3 is 12.0 Å². The summed E-state index contributed by atoms with van der Waals surface area (Å²) < 4.78 is 5.36. The average Bonchev–Trinajstić information content (AvgIpc) is 2.68. The summed E-state index contributed by atoms with van der Waals surface area (Å²) in [6, 6.07) is 7.34. The maximum atomic E-state index is 12.9.